The number of halogens is 4. The number of rotatable bonds is 2. The summed E-state index contributed by atoms with van der Waals surface area (Å²) in [5.41, 5.74) is 0.0128. The third-order valence-corrected chi connectivity index (χ3v) is 3.99. The lowest BCUT2D eigenvalue weighted by Crippen LogP contribution is -2.07. The second-order valence-corrected chi connectivity index (χ2v) is 5.66. The number of alkyl halides is 3. The molecule has 0 aliphatic heterocycles. The van der Waals surface area contributed by atoms with Crippen molar-refractivity contribution in [1.29, 1.82) is 0 Å². The van der Waals surface area contributed by atoms with E-state index in [1.807, 2.05) is 5.38 Å². The highest BCUT2D eigenvalue weighted by atomic mass is 35.5. The maximum Gasteiger partial charge on any atom is 0.435 e. The molecule has 0 atom stereocenters. The quantitative estimate of drug-likeness (QED) is 0.626. The largest absolute Gasteiger partial charge is 0.435 e. The lowest BCUT2D eigenvalue weighted by molar-refractivity contribution is -0.141. The van der Waals surface area contributed by atoms with Crippen LogP contribution in [0.1, 0.15) is 5.69 Å². The summed E-state index contributed by atoms with van der Waals surface area (Å²) in [6.45, 7) is 0. The zero-order chi connectivity index (χ0) is 15.0. The van der Waals surface area contributed by atoms with Crippen LogP contribution < -0.4 is 0 Å². The Hall–Kier alpha value is -1.79. The Balaban J connectivity index is 2.18. The smallest absolute Gasteiger partial charge is 0.232 e. The minimum Gasteiger partial charge on any atom is -0.232 e. The van der Waals surface area contributed by atoms with Crippen molar-refractivity contribution in [3.8, 4) is 16.3 Å². The predicted molar refractivity (Wildman–Crippen MR) is 76.9 cm³/mol. The lowest BCUT2D eigenvalue weighted by atomic mass is 10.2. The van der Waals surface area contributed by atoms with Crippen LogP contribution >= 0.6 is 22.9 Å². The number of benzene rings is 1. The van der Waals surface area contributed by atoms with E-state index in [1.165, 1.54) is 16.0 Å². The van der Waals surface area contributed by atoms with Gasteiger partial charge in [0.15, 0.2) is 5.69 Å². The van der Waals surface area contributed by atoms with Gasteiger partial charge in [0.2, 0.25) is 0 Å². The molecule has 2 nitrogen and oxygen atoms in total. The molecule has 0 saturated heterocycles. The number of thiophene rings is 1. The van der Waals surface area contributed by atoms with Crippen molar-refractivity contribution in [3.63, 3.8) is 0 Å². The van der Waals surface area contributed by atoms with E-state index in [1.54, 1.807) is 36.4 Å². The fraction of sp³-hybridized carbons (Fsp3) is 0.0714. The van der Waals surface area contributed by atoms with Crippen molar-refractivity contribution in [2.75, 3.05) is 0 Å². The average molecular weight is 329 g/mol. The molecule has 0 aliphatic carbocycles. The SMILES string of the molecule is FC(F)(F)c1cc(-c2cccs2)n(-c2ccc(Cl)cc2)n1. The van der Waals surface area contributed by atoms with Crippen LogP contribution in [0.25, 0.3) is 16.3 Å². The molecule has 7 heteroatoms. The Morgan fingerprint density at radius 3 is 2.38 bits per heavy atom. The number of nitrogens with zero attached hydrogens (tertiary/aromatic N) is 2. The highest BCUT2D eigenvalue weighted by molar-refractivity contribution is 7.13. The second kappa shape index (κ2) is 5.20. The summed E-state index contributed by atoms with van der Waals surface area (Å²) in [5.74, 6) is 0. The third kappa shape index (κ3) is 2.82. The first-order chi connectivity index (χ1) is 9.95. The van der Waals surface area contributed by atoms with E-state index in [4.69, 9.17) is 11.6 Å². The van der Waals surface area contributed by atoms with Gasteiger partial charge >= 0.3 is 6.18 Å². The Morgan fingerprint density at radius 2 is 1.81 bits per heavy atom. The highest BCUT2D eigenvalue weighted by Crippen LogP contribution is 2.34. The summed E-state index contributed by atoms with van der Waals surface area (Å²) in [6, 6.07) is 11.1. The number of hydrogen-bond acceptors (Lipinski definition) is 2. The molecule has 0 N–H and O–H groups in total. The molecule has 0 saturated carbocycles. The summed E-state index contributed by atoms with van der Waals surface area (Å²) in [4.78, 5) is 0.716. The van der Waals surface area contributed by atoms with Crippen LogP contribution in [0.4, 0.5) is 13.2 Å². The van der Waals surface area contributed by atoms with Crippen molar-refractivity contribution in [2.45, 2.75) is 6.18 Å². The molecule has 3 rings (SSSR count). The van der Waals surface area contributed by atoms with Crippen LogP contribution in [0, 0.1) is 0 Å². The molecule has 1 aromatic carbocycles. The topological polar surface area (TPSA) is 17.8 Å². The van der Waals surface area contributed by atoms with Gasteiger partial charge in [0, 0.05) is 5.02 Å². The Kier molecular flexibility index (Phi) is 3.51. The number of hydrogen-bond donors (Lipinski definition) is 0. The van der Waals surface area contributed by atoms with Gasteiger partial charge in [-0.2, -0.15) is 18.3 Å². The maximum absolute atomic E-state index is 12.9. The van der Waals surface area contributed by atoms with Gasteiger partial charge in [-0.05, 0) is 41.8 Å². The van der Waals surface area contributed by atoms with Gasteiger partial charge in [-0.25, -0.2) is 4.68 Å². The van der Waals surface area contributed by atoms with E-state index in [2.05, 4.69) is 5.10 Å². The molecule has 0 aliphatic rings. The van der Waals surface area contributed by atoms with Crippen LogP contribution in [0.2, 0.25) is 5.02 Å². The van der Waals surface area contributed by atoms with Crippen LogP contribution in [0.3, 0.4) is 0 Å². The van der Waals surface area contributed by atoms with Crippen molar-refractivity contribution < 1.29 is 13.2 Å². The molecule has 0 amide bonds. The summed E-state index contributed by atoms with van der Waals surface area (Å²) in [5, 5.41) is 6.01. The molecule has 0 fully saturated rings. The van der Waals surface area contributed by atoms with Gasteiger partial charge in [-0.15, -0.1) is 11.3 Å². The van der Waals surface area contributed by atoms with Gasteiger partial charge in [0.05, 0.1) is 16.3 Å². The van der Waals surface area contributed by atoms with Gasteiger partial charge in [-0.3, -0.25) is 0 Å². The first kappa shape index (κ1) is 14.2. The standard InChI is InChI=1S/C14H8ClF3N2S/c15-9-3-5-10(6-4-9)20-11(12-2-1-7-21-12)8-13(19-20)14(16,17)18/h1-8H. The predicted octanol–water partition coefficient (Wildman–Crippen LogP) is 5.27. The first-order valence-electron chi connectivity index (χ1n) is 5.92. The minimum absolute atomic E-state index is 0.402. The first-order valence-corrected chi connectivity index (χ1v) is 7.18. The van der Waals surface area contributed by atoms with E-state index >= 15 is 0 Å². The molecule has 21 heavy (non-hydrogen) atoms. The summed E-state index contributed by atoms with van der Waals surface area (Å²) >= 11 is 7.17. The van der Waals surface area contributed by atoms with Gasteiger partial charge < -0.3 is 0 Å². The molecule has 2 aromatic heterocycles. The molecule has 0 radical (unpaired) electrons. The van der Waals surface area contributed by atoms with E-state index in [-0.39, 0.29) is 0 Å². The Labute approximate surface area is 127 Å². The molecule has 2 heterocycles. The van der Waals surface area contributed by atoms with Crippen molar-refractivity contribution >= 4 is 22.9 Å². The summed E-state index contributed by atoms with van der Waals surface area (Å²) in [6.07, 6.45) is -4.48. The van der Waals surface area contributed by atoms with Gasteiger partial charge in [0.1, 0.15) is 0 Å². The van der Waals surface area contributed by atoms with Crippen LogP contribution in [0.15, 0.2) is 47.8 Å². The molecule has 0 bridgehead atoms. The van der Waals surface area contributed by atoms with Crippen LogP contribution in [0.5, 0.6) is 0 Å². The monoisotopic (exact) mass is 328 g/mol. The average Bonchev–Trinajstić information content (AvgIpc) is 3.07. The fourth-order valence-corrected chi connectivity index (χ4v) is 2.75. The minimum atomic E-state index is -4.48. The normalized spacial score (nSPS) is 11.8. The Morgan fingerprint density at radius 1 is 1.10 bits per heavy atom. The lowest BCUT2D eigenvalue weighted by Gasteiger charge is -2.06. The van der Waals surface area contributed by atoms with Gasteiger partial charge in [0.25, 0.3) is 0 Å². The zero-order valence-electron chi connectivity index (χ0n) is 10.4. The summed E-state index contributed by atoms with van der Waals surface area (Å²) in [7, 11) is 0. The van der Waals surface area contributed by atoms with Crippen molar-refractivity contribution in [2.24, 2.45) is 0 Å². The van der Waals surface area contributed by atoms with E-state index in [0.29, 0.717) is 21.3 Å². The molecule has 0 spiro atoms. The fourth-order valence-electron chi connectivity index (χ4n) is 1.90. The van der Waals surface area contributed by atoms with E-state index in [9.17, 15) is 13.2 Å². The maximum atomic E-state index is 12.9. The molecule has 0 unspecified atom stereocenters. The number of aromatic nitrogens is 2. The van der Waals surface area contributed by atoms with E-state index < -0.39 is 11.9 Å². The molecule has 108 valence electrons. The third-order valence-electron chi connectivity index (χ3n) is 2.84. The van der Waals surface area contributed by atoms with E-state index in [0.717, 1.165) is 6.07 Å². The second-order valence-electron chi connectivity index (χ2n) is 4.28. The zero-order valence-corrected chi connectivity index (χ0v) is 12.0. The Bertz CT molecular complexity index is 746. The highest BCUT2D eigenvalue weighted by Gasteiger charge is 2.35. The molecule has 3 aromatic rings. The van der Waals surface area contributed by atoms with Crippen LogP contribution in [-0.2, 0) is 6.18 Å². The van der Waals surface area contributed by atoms with Crippen molar-refractivity contribution in [3.05, 3.63) is 58.6 Å². The molecular formula is C14H8ClF3N2S. The van der Waals surface area contributed by atoms with Crippen LogP contribution in [-0.4, -0.2) is 9.78 Å². The van der Waals surface area contributed by atoms with Crippen molar-refractivity contribution in [1.82, 2.24) is 9.78 Å². The van der Waals surface area contributed by atoms with Gasteiger partial charge in [-0.1, -0.05) is 17.7 Å². The molecular weight excluding hydrogens is 321 g/mol. The summed E-state index contributed by atoms with van der Waals surface area (Å²) < 4.78 is 40.0.